The number of aromatic nitrogens is 2. The zero-order valence-corrected chi connectivity index (χ0v) is 11.5. The predicted octanol–water partition coefficient (Wildman–Crippen LogP) is 4.57. The number of imidazole rings is 1. The molecule has 2 nitrogen and oxygen atoms in total. The maximum Gasteiger partial charge on any atom is 0.137 e. The molecule has 1 aliphatic rings. The van der Waals surface area contributed by atoms with Crippen LogP contribution in [0, 0.1) is 0 Å². The zero-order chi connectivity index (χ0) is 13.1. The molecule has 1 aromatic heterocycles. The van der Waals surface area contributed by atoms with Gasteiger partial charge in [0.1, 0.15) is 5.82 Å². The maximum absolute atomic E-state index is 4.85. The summed E-state index contributed by atoms with van der Waals surface area (Å²) in [5, 5.41) is 0. The second-order valence-corrected chi connectivity index (χ2v) is 5.09. The van der Waals surface area contributed by atoms with Crippen molar-refractivity contribution in [2.45, 2.75) is 39.2 Å². The first-order valence-corrected chi connectivity index (χ1v) is 7.21. The van der Waals surface area contributed by atoms with Gasteiger partial charge >= 0.3 is 0 Å². The number of hydrogen-bond donors (Lipinski definition) is 0. The minimum Gasteiger partial charge on any atom is -0.324 e. The van der Waals surface area contributed by atoms with Crippen LogP contribution in [-0.2, 0) is 6.54 Å². The summed E-state index contributed by atoms with van der Waals surface area (Å²) in [5.74, 6) is 1.17. The number of allylic oxidation sites excluding steroid dienone is 4. The van der Waals surface area contributed by atoms with E-state index < -0.39 is 0 Å². The van der Waals surface area contributed by atoms with Gasteiger partial charge in [-0.3, -0.25) is 0 Å². The van der Waals surface area contributed by atoms with E-state index >= 15 is 0 Å². The number of aryl methyl sites for hydroxylation is 1. The summed E-state index contributed by atoms with van der Waals surface area (Å²) in [5.41, 5.74) is 3.75. The number of nitrogens with zero attached hydrogens (tertiary/aromatic N) is 2. The van der Waals surface area contributed by atoms with Gasteiger partial charge in [-0.25, -0.2) is 4.98 Å². The summed E-state index contributed by atoms with van der Waals surface area (Å²) < 4.78 is 2.39. The summed E-state index contributed by atoms with van der Waals surface area (Å²) >= 11 is 0. The van der Waals surface area contributed by atoms with E-state index in [0.717, 1.165) is 24.9 Å². The average molecular weight is 252 g/mol. The van der Waals surface area contributed by atoms with E-state index in [-0.39, 0.29) is 0 Å². The second kappa shape index (κ2) is 5.43. The Bertz CT molecular complexity index is 632. The highest BCUT2D eigenvalue weighted by Crippen LogP contribution is 2.27. The minimum absolute atomic E-state index is 1.06. The topological polar surface area (TPSA) is 17.8 Å². The van der Waals surface area contributed by atoms with Crippen LogP contribution in [-0.4, -0.2) is 9.55 Å². The van der Waals surface area contributed by atoms with Gasteiger partial charge in [-0.1, -0.05) is 43.7 Å². The third kappa shape index (κ3) is 2.35. The Kier molecular flexibility index (Phi) is 3.49. The van der Waals surface area contributed by atoms with Crippen LogP contribution in [0.25, 0.3) is 16.6 Å². The highest BCUT2D eigenvalue weighted by Gasteiger charge is 2.14. The number of para-hydroxylation sites is 2. The maximum atomic E-state index is 4.85. The third-order valence-electron chi connectivity index (χ3n) is 3.69. The SMILES string of the molecule is CCCCn1c(C2=CC=CCC2)nc2ccccc21. The van der Waals surface area contributed by atoms with Crippen LogP contribution < -0.4 is 0 Å². The molecule has 0 saturated carbocycles. The van der Waals surface area contributed by atoms with Crippen LogP contribution in [0.5, 0.6) is 0 Å². The Morgan fingerprint density at radius 1 is 1.26 bits per heavy atom. The van der Waals surface area contributed by atoms with Crippen LogP contribution in [0.1, 0.15) is 38.4 Å². The Hall–Kier alpha value is -1.83. The smallest absolute Gasteiger partial charge is 0.137 e. The Morgan fingerprint density at radius 2 is 2.16 bits per heavy atom. The number of hydrogen-bond acceptors (Lipinski definition) is 1. The molecular formula is C17H20N2. The van der Waals surface area contributed by atoms with Crippen molar-refractivity contribution in [3.8, 4) is 0 Å². The van der Waals surface area contributed by atoms with Crippen molar-refractivity contribution in [1.82, 2.24) is 9.55 Å². The fourth-order valence-corrected chi connectivity index (χ4v) is 2.65. The minimum atomic E-state index is 1.06. The lowest BCUT2D eigenvalue weighted by molar-refractivity contribution is 0.638. The summed E-state index contributed by atoms with van der Waals surface area (Å²) in [6.45, 7) is 3.30. The Labute approximate surface area is 114 Å². The van der Waals surface area contributed by atoms with Gasteiger partial charge in [0, 0.05) is 6.54 Å². The molecule has 0 amide bonds. The molecule has 0 bridgehead atoms. The average Bonchev–Trinajstić information content (AvgIpc) is 2.85. The van der Waals surface area contributed by atoms with E-state index in [1.807, 2.05) is 0 Å². The van der Waals surface area contributed by atoms with E-state index in [2.05, 4.69) is 54.0 Å². The van der Waals surface area contributed by atoms with Crippen molar-refractivity contribution >= 4 is 16.6 Å². The fourth-order valence-electron chi connectivity index (χ4n) is 2.65. The molecule has 0 saturated heterocycles. The molecular weight excluding hydrogens is 232 g/mol. The standard InChI is InChI=1S/C17H20N2/c1-2-3-13-19-16-12-8-7-11-15(16)18-17(19)14-9-5-4-6-10-14/h4-5,7-9,11-12H,2-3,6,10,13H2,1H3. The molecule has 1 aliphatic carbocycles. The van der Waals surface area contributed by atoms with Gasteiger partial charge in [0.05, 0.1) is 11.0 Å². The molecule has 2 heteroatoms. The number of benzene rings is 1. The van der Waals surface area contributed by atoms with Gasteiger partial charge in [0.15, 0.2) is 0 Å². The van der Waals surface area contributed by atoms with Gasteiger partial charge < -0.3 is 4.57 Å². The monoisotopic (exact) mass is 252 g/mol. The molecule has 0 spiro atoms. The highest BCUT2D eigenvalue weighted by atomic mass is 15.1. The number of rotatable bonds is 4. The molecule has 3 rings (SSSR count). The molecule has 0 fully saturated rings. The van der Waals surface area contributed by atoms with Crippen molar-refractivity contribution in [2.75, 3.05) is 0 Å². The van der Waals surface area contributed by atoms with Crippen molar-refractivity contribution < 1.29 is 0 Å². The summed E-state index contributed by atoms with van der Waals surface area (Å²) in [6.07, 6.45) is 11.2. The first-order valence-electron chi connectivity index (χ1n) is 7.21. The summed E-state index contributed by atoms with van der Waals surface area (Å²) in [6, 6.07) is 8.46. The van der Waals surface area contributed by atoms with E-state index in [1.54, 1.807) is 0 Å². The molecule has 0 aliphatic heterocycles. The summed E-state index contributed by atoms with van der Waals surface area (Å²) in [4.78, 5) is 4.85. The van der Waals surface area contributed by atoms with Crippen molar-refractivity contribution in [1.29, 1.82) is 0 Å². The lowest BCUT2D eigenvalue weighted by Gasteiger charge is -2.12. The van der Waals surface area contributed by atoms with Gasteiger partial charge in [0.25, 0.3) is 0 Å². The molecule has 0 radical (unpaired) electrons. The van der Waals surface area contributed by atoms with Crippen LogP contribution in [0.3, 0.4) is 0 Å². The van der Waals surface area contributed by atoms with Gasteiger partial charge in [0.2, 0.25) is 0 Å². The van der Waals surface area contributed by atoms with Crippen LogP contribution in [0.15, 0.2) is 42.5 Å². The van der Waals surface area contributed by atoms with E-state index in [4.69, 9.17) is 4.98 Å². The number of unbranched alkanes of at least 4 members (excludes halogenated alkanes) is 1. The fraction of sp³-hybridized carbons (Fsp3) is 0.353. The van der Waals surface area contributed by atoms with E-state index in [9.17, 15) is 0 Å². The molecule has 0 unspecified atom stereocenters. The lowest BCUT2D eigenvalue weighted by atomic mass is 10.0. The van der Waals surface area contributed by atoms with E-state index in [0.29, 0.717) is 0 Å². The largest absolute Gasteiger partial charge is 0.324 e. The molecule has 0 N–H and O–H groups in total. The molecule has 1 aromatic carbocycles. The second-order valence-electron chi connectivity index (χ2n) is 5.09. The van der Waals surface area contributed by atoms with Gasteiger partial charge in [-0.15, -0.1) is 0 Å². The lowest BCUT2D eigenvalue weighted by Crippen LogP contribution is -2.04. The molecule has 0 atom stereocenters. The van der Waals surface area contributed by atoms with Crippen molar-refractivity contribution in [3.63, 3.8) is 0 Å². The van der Waals surface area contributed by atoms with E-state index in [1.165, 1.54) is 29.8 Å². The Morgan fingerprint density at radius 3 is 2.95 bits per heavy atom. The molecule has 1 heterocycles. The molecule has 2 aromatic rings. The van der Waals surface area contributed by atoms with Crippen molar-refractivity contribution in [2.24, 2.45) is 0 Å². The van der Waals surface area contributed by atoms with Gasteiger partial charge in [-0.05, 0) is 37.0 Å². The first-order chi connectivity index (χ1) is 9.40. The predicted molar refractivity (Wildman–Crippen MR) is 81.0 cm³/mol. The first kappa shape index (κ1) is 12.2. The van der Waals surface area contributed by atoms with Crippen molar-refractivity contribution in [3.05, 3.63) is 48.3 Å². The zero-order valence-electron chi connectivity index (χ0n) is 11.5. The van der Waals surface area contributed by atoms with Crippen LogP contribution in [0.4, 0.5) is 0 Å². The molecule has 98 valence electrons. The highest BCUT2D eigenvalue weighted by molar-refractivity contribution is 5.80. The molecule has 19 heavy (non-hydrogen) atoms. The van der Waals surface area contributed by atoms with Crippen LogP contribution in [0.2, 0.25) is 0 Å². The van der Waals surface area contributed by atoms with Crippen LogP contribution >= 0.6 is 0 Å². The summed E-state index contributed by atoms with van der Waals surface area (Å²) in [7, 11) is 0. The Balaban J connectivity index is 2.11. The third-order valence-corrected chi connectivity index (χ3v) is 3.69. The normalized spacial score (nSPS) is 14.9. The van der Waals surface area contributed by atoms with Gasteiger partial charge in [-0.2, -0.15) is 0 Å². The number of fused-ring (bicyclic) bond motifs is 1. The quantitative estimate of drug-likeness (QED) is 0.779.